The number of nitro groups is 1. The molecule has 1 aliphatic rings. The van der Waals surface area contributed by atoms with E-state index >= 15 is 0 Å². The fourth-order valence-corrected chi connectivity index (χ4v) is 2.64. The monoisotopic (exact) mass is 294 g/mol. The number of anilines is 1. The second kappa shape index (κ2) is 6.53. The molecule has 0 spiro atoms. The lowest BCUT2D eigenvalue weighted by atomic mass is 9.97. The molecule has 7 heteroatoms. The van der Waals surface area contributed by atoms with Gasteiger partial charge < -0.3 is 14.7 Å². The molecule has 21 heavy (non-hydrogen) atoms. The van der Waals surface area contributed by atoms with E-state index in [4.69, 9.17) is 9.84 Å². The molecular weight excluding hydrogens is 276 g/mol. The maximum absolute atomic E-state index is 11.1. The summed E-state index contributed by atoms with van der Waals surface area (Å²) < 4.78 is 5.13. The summed E-state index contributed by atoms with van der Waals surface area (Å²) in [5.41, 5.74) is 0.399. The number of carboxylic acid groups (broad SMARTS) is 1. The van der Waals surface area contributed by atoms with Crippen molar-refractivity contribution in [3.63, 3.8) is 0 Å². The van der Waals surface area contributed by atoms with Gasteiger partial charge >= 0.3 is 5.97 Å². The van der Waals surface area contributed by atoms with Crippen LogP contribution in [-0.4, -0.2) is 42.8 Å². The zero-order chi connectivity index (χ0) is 15.4. The van der Waals surface area contributed by atoms with Crippen molar-refractivity contribution in [2.75, 3.05) is 31.7 Å². The van der Waals surface area contributed by atoms with Gasteiger partial charge in [0.05, 0.1) is 10.5 Å². The zero-order valence-corrected chi connectivity index (χ0v) is 11.8. The summed E-state index contributed by atoms with van der Waals surface area (Å²) in [7, 11) is 1.66. The van der Waals surface area contributed by atoms with E-state index in [1.807, 2.05) is 4.90 Å². The van der Waals surface area contributed by atoms with Crippen LogP contribution < -0.4 is 4.90 Å². The Labute approximate surface area is 122 Å². The molecule has 1 aliphatic heterocycles. The summed E-state index contributed by atoms with van der Waals surface area (Å²) >= 11 is 0. The highest BCUT2D eigenvalue weighted by atomic mass is 16.6. The number of rotatable bonds is 5. The van der Waals surface area contributed by atoms with Crippen LogP contribution in [0.5, 0.6) is 0 Å². The van der Waals surface area contributed by atoms with Crippen molar-refractivity contribution >= 4 is 17.3 Å². The quantitative estimate of drug-likeness (QED) is 0.660. The number of ether oxygens (including phenoxy) is 1. The smallest absolute Gasteiger partial charge is 0.335 e. The number of nitrogens with zero attached hydrogens (tertiary/aromatic N) is 2. The predicted molar refractivity (Wildman–Crippen MR) is 76.9 cm³/mol. The van der Waals surface area contributed by atoms with Crippen molar-refractivity contribution in [1.82, 2.24) is 0 Å². The minimum atomic E-state index is -1.08. The number of piperidine rings is 1. The van der Waals surface area contributed by atoms with Gasteiger partial charge in [0, 0.05) is 32.9 Å². The van der Waals surface area contributed by atoms with Crippen molar-refractivity contribution in [2.24, 2.45) is 5.92 Å². The van der Waals surface area contributed by atoms with Crippen LogP contribution in [0.15, 0.2) is 18.2 Å². The molecule has 114 valence electrons. The topological polar surface area (TPSA) is 92.9 Å². The van der Waals surface area contributed by atoms with Gasteiger partial charge in [-0.05, 0) is 30.9 Å². The molecular formula is C14H18N2O5. The molecule has 0 bridgehead atoms. The van der Waals surface area contributed by atoms with E-state index < -0.39 is 10.9 Å². The maximum Gasteiger partial charge on any atom is 0.335 e. The number of benzene rings is 1. The first kappa shape index (κ1) is 15.2. The average molecular weight is 294 g/mol. The highest BCUT2D eigenvalue weighted by molar-refractivity contribution is 5.90. The second-order valence-electron chi connectivity index (χ2n) is 5.15. The molecule has 7 nitrogen and oxygen atoms in total. The lowest BCUT2D eigenvalue weighted by Crippen LogP contribution is -2.35. The van der Waals surface area contributed by atoms with Gasteiger partial charge in [-0.1, -0.05) is 0 Å². The number of carboxylic acids is 1. The summed E-state index contributed by atoms with van der Waals surface area (Å²) in [6.07, 6.45) is 1.75. The fraction of sp³-hybridized carbons (Fsp3) is 0.500. The van der Waals surface area contributed by atoms with Crippen LogP contribution in [0.1, 0.15) is 23.2 Å². The van der Waals surface area contributed by atoms with Crippen LogP contribution in [0.2, 0.25) is 0 Å². The van der Waals surface area contributed by atoms with Gasteiger partial charge in [0.25, 0.3) is 5.69 Å². The third kappa shape index (κ3) is 3.49. The fourth-order valence-electron chi connectivity index (χ4n) is 2.64. The van der Waals surface area contributed by atoms with Crippen LogP contribution in [0, 0.1) is 16.0 Å². The first-order valence-corrected chi connectivity index (χ1v) is 6.78. The molecule has 1 N–H and O–H groups in total. The summed E-state index contributed by atoms with van der Waals surface area (Å²) in [6.45, 7) is 2.01. The van der Waals surface area contributed by atoms with Crippen LogP contribution in [-0.2, 0) is 4.74 Å². The molecule has 1 fully saturated rings. The summed E-state index contributed by atoms with van der Waals surface area (Å²) in [5, 5.41) is 20.2. The second-order valence-corrected chi connectivity index (χ2v) is 5.15. The van der Waals surface area contributed by atoms with Gasteiger partial charge in [0.2, 0.25) is 0 Å². The van der Waals surface area contributed by atoms with Crippen molar-refractivity contribution in [3.05, 3.63) is 33.9 Å². The van der Waals surface area contributed by atoms with Gasteiger partial charge in [-0.2, -0.15) is 0 Å². The molecule has 0 atom stereocenters. The Balaban J connectivity index is 2.23. The number of aromatic carboxylic acids is 1. The van der Waals surface area contributed by atoms with Crippen molar-refractivity contribution in [1.29, 1.82) is 0 Å². The van der Waals surface area contributed by atoms with E-state index in [0.717, 1.165) is 12.8 Å². The number of hydrogen-bond donors (Lipinski definition) is 1. The Morgan fingerprint density at radius 3 is 2.67 bits per heavy atom. The van der Waals surface area contributed by atoms with Crippen LogP contribution in [0.25, 0.3) is 0 Å². The lowest BCUT2D eigenvalue weighted by molar-refractivity contribution is -0.384. The molecule has 0 unspecified atom stereocenters. The van der Waals surface area contributed by atoms with Gasteiger partial charge in [-0.15, -0.1) is 0 Å². The number of carbonyl (C=O) groups is 1. The molecule has 1 aromatic carbocycles. The number of nitro benzene ring substituents is 1. The molecule has 0 amide bonds. The third-order valence-corrected chi connectivity index (χ3v) is 3.78. The Kier molecular flexibility index (Phi) is 4.74. The summed E-state index contributed by atoms with van der Waals surface area (Å²) in [6, 6.07) is 3.92. The van der Waals surface area contributed by atoms with Crippen LogP contribution in [0.4, 0.5) is 11.4 Å². The number of hydrogen-bond acceptors (Lipinski definition) is 5. The van der Waals surface area contributed by atoms with Crippen LogP contribution >= 0.6 is 0 Å². The number of methoxy groups -OCH3 is 1. The predicted octanol–water partition coefficient (Wildman–Crippen LogP) is 2.16. The molecule has 0 aliphatic carbocycles. The van der Waals surface area contributed by atoms with Gasteiger partial charge in [0.1, 0.15) is 5.69 Å². The molecule has 1 aromatic rings. The van der Waals surface area contributed by atoms with E-state index in [1.54, 1.807) is 7.11 Å². The summed E-state index contributed by atoms with van der Waals surface area (Å²) in [5.74, 6) is -0.631. The van der Waals surface area contributed by atoms with E-state index in [1.165, 1.54) is 18.2 Å². The highest BCUT2D eigenvalue weighted by Crippen LogP contribution is 2.32. The van der Waals surface area contributed by atoms with Gasteiger partial charge in [-0.25, -0.2) is 4.79 Å². The average Bonchev–Trinajstić information content (AvgIpc) is 2.47. The largest absolute Gasteiger partial charge is 0.478 e. The Bertz CT molecular complexity index is 538. The SMILES string of the molecule is COCC1CCN(c2cc(C(=O)O)ccc2[N+](=O)[O-])CC1. The van der Waals surface area contributed by atoms with Crippen LogP contribution in [0.3, 0.4) is 0 Å². The Morgan fingerprint density at radius 2 is 2.14 bits per heavy atom. The van der Waals surface area contributed by atoms with E-state index in [0.29, 0.717) is 31.3 Å². The molecule has 0 aromatic heterocycles. The van der Waals surface area contributed by atoms with Crippen molar-refractivity contribution in [2.45, 2.75) is 12.8 Å². The van der Waals surface area contributed by atoms with Gasteiger partial charge in [-0.3, -0.25) is 10.1 Å². The molecule has 1 saturated heterocycles. The normalized spacial score (nSPS) is 16.0. The minimum absolute atomic E-state index is 0.0507. The molecule has 1 heterocycles. The zero-order valence-electron chi connectivity index (χ0n) is 11.8. The Morgan fingerprint density at radius 1 is 1.48 bits per heavy atom. The highest BCUT2D eigenvalue weighted by Gasteiger charge is 2.25. The van der Waals surface area contributed by atoms with E-state index in [9.17, 15) is 14.9 Å². The summed E-state index contributed by atoms with van der Waals surface area (Å²) in [4.78, 5) is 23.6. The maximum atomic E-state index is 11.1. The molecule has 0 saturated carbocycles. The first-order chi connectivity index (χ1) is 10.0. The van der Waals surface area contributed by atoms with Gasteiger partial charge in [0.15, 0.2) is 0 Å². The standard InChI is InChI=1S/C14H18N2O5/c1-21-9-10-4-6-15(7-5-10)13-8-11(14(17)18)2-3-12(13)16(19)20/h2-3,8,10H,4-7,9H2,1H3,(H,17,18). The molecule has 0 radical (unpaired) electrons. The lowest BCUT2D eigenvalue weighted by Gasteiger charge is -2.33. The van der Waals surface area contributed by atoms with E-state index in [-0.39, 0.29) is 11.3 Å². The first-order valence-electron chi connectivity index (χ1n) is 6.78. The minimum Gasteiger partial charge on any atom is -0.478 e. The molecule has 2 rings (SSSR count). The van der Waals surface area contributed by atoms with Crippen molar-refractivity contribution < 1.29 is 19.6 Å². The van der Waals surface area contributed by atoms with Crippen molar-refractivity contribution in [3.8, 4) is 0 Å². The third-order valence-electron chi connectivity index (χ3n) is 3.78. The Hall–Kier alpha value is -2.15. The van der Waals surface area contributed by atoms with E-state index in [2.05, 4.69) is 0 Å².